The fraction of sp³-hybridized carbons (Fsp3) is 0.417. The molecule has 2 aromatic rings. The minimum Gasteiger partial charge on any atom is -0.349 e. The molecule has 0 saturated heterocycles. The largest absolute Gasteiger partial charge is 0.349 e. The number of rotatable bonds is 3. The van der Waals surface area contributed by atoms with Crippen molar-refractivity contribution in [2.75, 3.05) is 0 Å². The van der Waals surface area contributed by atoms with Gasteiger partial charge in [0, 0.05) is 31.2 Å². The Morgan fingerprint density at radius 3 is 2.40 bits per heavy atom. The van der Waals surface area contributed by atoms with E-state index in [1.165, 1.54) is 17.0 Å². The van der Waals surface area contributed by atoms with E-state index < -0.39 is 0 Å². The molecule has 0 N–H and O–H groups in total. The van der Waals surface area contributed by atoms with Crippen molar-refractivity contribution in [3.63, 3.8) is 0 Å². The van der Waals surface area contributed by atoms with E-state index in [1.807, 2.05) is 17.9 Å². The van der Waals surface area contributed by atoms with Crippen molar-refractivity contribution in [1.82, 2.24) is 14.3 Å². The normalized spacial score (nSPS) is 10.9. The second kappa shape index (κ2) is 3.93. The third-order valence-electron chi connectivity index (χ3n) is 2.80. The fourth-order valence-corrected chi connectivity index (χ4v) is 1.89. The van der Waals surface area contributed by atoms with E-state index in [9.17, 15) is 0 Å². The van der Waals surface area contributed by atoms with E-state index in [2.05, 4.69) is 41.8 Å². The molecule has 0 saturated carbocycles. The zero-order valence-electron chi connectivity index (χ0n) is 9.57. The second-order valence-corrected chi connectivity index (χ2v) is 4.04. The van der Waals surface area contributed by atoms with Crippen LogP contribution in [0, 0.1) is 13.8 Å². The number of aromatic nitrogens is 3. The molecule has 3 nitrogen and oxygen atoms in total. The van der Waals surface area contributed by atoms with E-state index in [1.54, 1.807) is 0 Å². The average molecular weight is 203 g/mol. The predicted molar refractivity (Wildman–Crippen MR) is 60.8 cm³/mol. The topological polar surface area (TPSA) is 22.8 Å². The Hall–Kier alpha value is -1.51. The summed E-state index contributed by atoms with van der Waals surface area (Å²) in [7, 11) is 1.95. The third-order valence-corrected chi connectivity index (χ3v) is 2.80. The molecule has 80 valence electrons. The van der Waals surface area contributed by atoms with Gasteiger partial charge in [0.1, 0.15) is 0 Å². The third kappa shape index (κ3) is 2.12. The smallest absolute Gasteiger partial charge is 0.0522 e. The Kier molecular flexibility index (Phi) is 2.62. The lowest BCUT2D eigenvalue weighted by atomic mass is 10.2. The molecule has 3 heteroatoms. The molecule has 2 heterocycles. The molecule has 0 amide bonds. The van der Waals surface area contributed by atoms with Crippen molar-refractivity contribution in [2.24, 2.45) is 7.05 Å². The minimum absolute atomic E-state index is 1.04. The highest BCUT2D eigenvalue weighted by atomic mass is 15.2. The van der Waals surface area contributed by atoms with Gasteiger partial charge in [-0.15, -0.1) is 0 Å². The Bertz CT molecular complexity index is 432. The Morgan fingerprint density at radius 2 is 1.87 bits per heavy atom. The molecule has 0 bridgehead atoms. The molecular formula is C12H17N3. The fourth-order valence-electron chi connectivity index (χ4n) is 1.89. The van der Waals surface area contributed by atoms with E-state index in [0.717, 1.165) is 13.0 Å². The van der Waals surface area contributed by atoms with Gasteiger partial charge in [0.15, 0.2) is 0 Å². The highest BCUT2D eigenvalue weighted by molar-refractivity contribution is 5.14. The first-order valence-corrected chi connectivity index (χ1v) is 5.27. The van der Waals surface area contributed by atoms with Gasteiger partial charge >= 0.3 is 0 Å². The Morgan fingerprint density at radius 1 is 1.20 bits per heavy atom. The molecule has 15 heavy (non-hydrogen) atoms. The molecular weight excluding hydrogens is 186 g/mol. The number of hydrogen-bond donors (Lipinski definition) is 0. The molecule has 0 radical (unpaired) electrons. The van der Waals surface area contributed by atoms with E-state index in [0.29, 0.717) is 0 Å². The maximum absolute atomic E-state index is 4.17. The summed E-state index contributed by atoms with van der Waals surface area (Å²) < 4.78 is 4.19. The quantitative estimate of drug-likeness (QED) is 0.749. The lowest BCUT2D eigenvalue weighted by Gasteiger charge is -2.07. The summed E-state index contributed by atoms with van der Waals surface area (Å²) >= 11 is 0. The van der Waals surface area contributed by atoms with Gasteiger partial charge in [0.05, 0.1) is 6.20 Å². The molecule has 0 atom stereocenters. The Balaban J connectivity index is 2.05. The van der Waals surface area contributed by atoms with Gasteiger partial charge in [0.25, 0.3) is 0 Å². The molecule has 0 aliphatic heterocycles. The van der Waals surface area contributed by atoms with Crippen LogP contribution in [0.4, 0.5) is 0 Å². The first-order chi connectivity index (χ1) is 7.16. The maximum Gasteiger partial charge on any atom is 0.0522 e. The van der Waals surface area contributed by atoms with Gasteiger partial charge in [-0.3, -0.25) is 4.68 Å². The zero-order chi connectivity index (χ0) is 10.8. The number of aryl methyl sites for hydroxylation is 4. The van der Waals surface area contributed by atoms with Gasteiger partial charge in [-0.2, -0.15) is 5.10 Å². The highest BCUT2D eigenvalue weighted by Gasteiger charge is 2.02. The van der Waals surface area contributed by atoms with Crippen LogP contribution in [-0.2, 0) is 20.0 Å². The summed E-state index contributed by atoms with van der Waals surface area (Å²) in [5.41, 5.74) is 3.96. The van der Waals surface area contributed by atoms with Crippen molar-refractivity contribution in [1.29, 1.82) is 0 Å². The zero-order valence-corrected chi connectivity index (χ0v) is 9.57. The second-order valence-electron chi connectivity index (χ2n) is 4.04. The summed E-state index contributed by atoms with van der Waals surface area (Å²) in [6, 6.07) is 4.33. The van der Waals surface area contributed by atoms with Gasteiger partial charge in [-0.25, -0.2) is 0 Å². The number of nitrogens with zero attached hydrogens (tertiary/aromatic N) is 3. The molecule has 0 fully saturated rings. The van der Waals surface area contributed by atoms with Crippen molar-refractivity contribution in [2.45, 2.75) is 26.8 Å². The van der Waals surface area contributed by atoms with Crippen LogP contribution < -0.4 is 0 Å². The Labute approximate surface area is 90.3 Å². The molecule has 0 aliphatic carbocycles. The van der Waals surface area contributed by atoms with Gasteiger partial charge in [-0.05, 0) is 38.0 Å². The van der Waals surface area contributed by atoms with Crippen LogP contribution >= 0.6 is 0 Å². The summed E-state index contributed by atoms with van der Waals surface area (Å²) in [5, 5.41) is 4.17. The SMILES string of the molecule is Cc1ccc(C)n1CCc1cnn(C)c1. The van der Waals surface area contributed by atoms with Crippen LogP contribution in [-0.4, -0.2) is 14.3 Å². The number of hydrogen-bond acceptors (Lipinski definition) is 1. The van der Waals surface area contributed by atoms with Crippen LogP contribution in [0.1, 0.15) is 17.0 Å². The molecule has 0 aliphatic rings. The summed E-state index contributed by atoms with van der Waals surface area (Å²) in [4.78, 5) is 0. The van der Waals surface area contributed by atoms with E-state index in [4.69, 9.17) is 0 Å². The summed E-state index contributed by atoms with van der Waals surface area (Å²) in [6.07, 6.45) is 5.06. The maximum atomic E-state index is 4.17. The molecule has 2 aromatic heterocycles. The van der Waals surface area contributed by atoms with Crippen molar-refractivity contribution in [3.05, 3.63) is 41.5 Å². The van der Waals surface area contributed by atoms with Crippen LogP contribution in [0.2, 0.25) is 0 Å². The van der Waals surface area contributed by atoms with E-state index in [-0.39, 0.29) is 0 Å². The van der Waals surface area contributed by atoms with Crippen LogP contribution in [0.5, 0.6) is 0 Å². The van der Waals surface area contributed by atoms with Gasteiger partial charge in [0.2, 0.25) is 0 Å². The average Bonchev–Trinajstić information content (AvgIpc) is 2.73. The summed E-state index contributed by atoms with van der Waals surface area (Å²) in [5.74, 6) is 0. The van der Waals surface area contributed by atoms with Crippen molar-refractivity contribution >= 4 is 0 Å². The molecule has 2 rings (SSSR count). The van der Waals surface area contributed by atoms with Crippen LogP contribution in [0.15, 0.2) is 24.5 Å². The predicted octanol–water partition coefficient (Wildman–Crippen LogP) is 2.08. The van der Waals surface area contributed by atoms with Crippen LogP contribution in [0.25, 0.3) is 0 Å². The first-order valence-electron chi connectivity index (χ1n) is 5.27. The van der Waals surface area contributed by atoms with Crippen LogP contribution in [0.3, 0.4) is 0 Å². The lowest BCUT2D eigenvalue weighted by molar-refractivity contribution is 0.663. The van der Waals surface area contributed by atoms with Crippen molar-refractivity contribution < 1.29 is 0 Å². The molecule has 0 unspecified atom stereocenters. The standard InChI is InChI=1S/C12H17N3/c1-10-4-5-11(2)15(10)7-6-12-8-13-14(3)9-12/h4-5,8-9H,6-7H2,1-3H3. The molecule has 0 spiro atoms. The first kappa shape index (κ1) is 10.0. The lowest BCUT2D eigenvalue weighted by Crippen LogP contribution is -2.04. The monoisotopic (exact) mass is 203 g/mol. The minimum atomic E-state index is 1.04. The van der Waals surface area contributed by atoms with E-state index >= 15 is 0 Å². The van der Waals surface area contributed by atoms with Gasteiger partial charge < -0.3 is 4.57 Å². The molecule has 0 aromatic carbocycles. The summed E-state index contributed by atoms with van der Waals surface area (Å²) in [6.45, 7) is 5.34. The highest BCUT2D eigenvalue weighted by Crippen LogP contribution is 2.09. The van der Waals surface area contributed by atoms with Gasteiger partial charge in [-0.1, -0.05) is 0 Å². The van der Waals surface area contributed by atoms with Crippen molar-refractivity contribution in [3.8, 4) is 0 Å².